The molecule has 3 nitrogen and oxygen atoms in total. The summed E-state index contributed by atoms with van der Waals surface area (Å²) in [6, 6.07) is 6.82. The third kappa shape index (κ3) is 6.14. The Balaban J connectivity index is 2.60. The molecule has 116 valence electrons. The minimum atomic E-state index is -0.334. The van der Waals surface area contributed by atoms with Crippen molar-refractivity contribution in [3.05, 3.63) is 29.6 Å². The number of benzene rings is 1. The van der Waals surface area contributed by atoms with Gasteiger partial charge in [-0.3, -0.25) is 0 Å². The molecule has 0 aliphatic heterocycles. The number of nitriles is 1. The van der Waals surface area contributed by atoms with Gasteiger partial charge in [0.2, 0.25) is 0 Å². The van der Waals surface area contributed by atoms with Gasteiger partial charge in [-0.1, -0.05) is 6.92 Å². The Kier molecular flexibility index (Phi) is 6.64. The lowest BCUT2D eigenvalue weighted by Crippen LogP contribution is -2.22. The predicted octanol–water partition coefficient (Wildman–Crippen LogP) is 3.81. The molecule has 0 aliphatic carbocycles. The van der Waals surface area contributed by atoms with Gasteiger partial charge >= 0.3 is 0 Å². The van der Waals surface area contributed by atoms with Crippen molar-refractivity contribution in [2.75, 3.05) is 6.61 Å². The summed E-state index contributed by atoms with van der Waals surface area (Å²) in [7, 11) is 0. The van der Waals surface area contributed by atoms with E-state index in [9.17, 15) is 4.39 Å². The van der Waals surface area contributed by atoms with E-state index in [4.69, 9.17) is 15.7 Å². The predicted molar refractivity (Wildman–Crippen MR) is 82.5 cm³/mol. The second kappa shape index (κ2) is 7.99. The number of hydrogen-bond donors (Lipinski definition) is 1. The molecule has 0 aliphatic rings. The Morgan fingerprint density at radius 1 is 1.43 bits per heavy atom. The van der Waals surface area contributed by atoms with Gasteiger partial charge in [-0.2, -0.15) is 5.26 Å². The lowest BCUT2D eigenvalue weighted by atomic mass is 9.90. The average Bonchev–Trinajstić information content (AvgIpc) is 2.45. The first-order valence-corrected chi connectivity index (χ1v) is 7.46. The minimum Gasteiger partial charge on any atom is -0.493 e. The molecule has 4 heteroatoms. The molecule has 0 saturated carbocycles. The summed E-state index contributed by atoms with van der Waals surface area (Å²) in [5, 5.41) is 8.96. The van der Waals surface area contributed by atoms with Crippen LogP contribution in [0, 0.1) is 22.6 Å². The third-order valence-electron chi connectivity index (χ3n) is 3.54. The highest BCUT2D eigenvalue weighted by Crippen LogP contribution is 2.24. The summed E-state index contributed by atoms with van der Waals surface area (Å²) >= 11 is 0. The van der Waals surface area contributed by atoms with E-state index >= 15 is 0 Å². The fourth-order valence-electron chi connectivity index (χ4n) is 2.03. The van der Waals surface area contributed by atoms with E-state index in [0.717, 1.165) is 24.8 Å². The quantitative estimate of drug-likeness (QED) is 0.741. The molecule has 1 atom stereocenters. The van der Waals surface area contributed by atoms with Crippen LogP contribution in [-0.2, 0) is 6.42 Å². The molecule has 0 heterocycles. The van der Waals surface area contributed by atoms with Crippen LogP contribution in [0.2, 0.25) is 0 Å². The number of nitrogens with two attached hydrogens (primary N) is 1. The molecule has 0 saturated heterocycles. The standard InChI is InChI=1S/C17H25FN2O/c1-4-15(20)11-13-10-14(18)6-7-16(13)21-9-5-8-17(2,3)12-19/h6-7,10,15H,4-5,8-9,11,20H2,1-3H3. The van der Waals surface area contributed by atoms with Crippen LogP contribution in [0.3, 0.4) is 0 Å². The van der Waals surface area contributed by atoms with Crippen molar-refractivity contribution in [2.45, 2.75) is 52.5 Å². The van der Waals surface area contributed by atoms with E-state index in [0.29, 0.717) is 18.8 Å². The van der Waals surface area contributed by atoms with Crippen molar-refractivity contribution in [1.29, 1.82) is 5.26 Å². The van der Waals surface area contributed by atoms with E-state index in [1.807, 2.05) is 20.8 Å². The Morgan fingerprint density at radius 3 is 2.76 bits per heavy atom. The first-order valence-electron chi connectivity index (χ1n) is 7.46. The topological polar surface area (TPSA) is 59.0 Å². The molecule has 0 bridgehead atoms. The minimum absolute atomic E-state index is 0.00618. The summed E-state index contributed by atoms with van der Waals surface area (Å²) in [5.41, 5.74) is 6.42. The Labute approximate surface area is 126 Å². The van der Waals surface area contributed by atoms with Gasteiger partial charge in [0.25, 0.3) is 0 Å². The Bertz CT molecular complexity index is 494. The highest BCUT2D eigenvalue weighted by Gasteiger charge is 2.16. The molecule has 0 aromatic heterocycles. The maximum absolute atomic E-state index is 13.4. The number of hydrogen-bond acceptors (Lipinski definition) is 3. The molecule has 21 heavy (non-hydrogen) atoms. The molecular weight excluding hydrogens is 267 g/mol. The molecule has 0 fully saturated rings. The maximum atomic E-state index is 13.4. The van der Waals surface area contributed by atoms with Crippen molar-refractivity contribution < 1.29 is 9.13 Å². The largest absolute Gasteiger partial charge is 0.493 e. The van der Waals surface area contributed by atoms with Crippen molar-refractivity contribution in [3.63, 3.8) is 0 Å². The fraction of sp³-hybridized carbons (Fsp3) is 0.588. The maximum Gasteiger partial charge on any atom is 0.123 e. The molecule has 1 unspecified atom stereocenters. The summed E-state index contributed by atoms with van der Waals surface area (Å²) in [5.74, 6) is 0.418. The normalized spacial score (nSPS) is 12.8. The summed E-state index contributed by atoms with van der Waals surface area (Å²) in [6.07, 6.45) is 3.01. The van der Waals surface area contributed by atoms with Gasteiger partial charge in [0, 0.05) is 6.04 Å². The van der Waals surface area contributed by atoms with Gasteiger partial charge in [0.15, 0.2) is 0 Å². The molecular formula is C17H25FN2O. The van der Waals surface area contributed by atoms with Crippen LogP contribution in [0.1, 0.15) is 45.6 Å². The van der Waals surface area contributed by atoms with Crippen molar-refractivity contribution in [2.24, 2.45) is 11.1 Å². The van der Waals surface area contributed by atoms with E-state index < -0.39 is 0 Å². The van der Waals surface area contributed by atoms with E-state index in [1.165, 1.54) is 12.1 Å². The van der Waals surface area contributed by atoms with Crippen LogP contribution in [0.25, 0.3) is 0 Å². The van der Waals surface area contributed by atoms with Crippen molar-refractivity contribution >= 4 is 0 Å². The second-order valence-corrected chi connectivity index (χ2v) is 6.07. The highest BCUT2D eigenvalue weighted by molar-refractivity contribution is 5.34. The zero-order valence-electron chi connectivity index (χ0n) is 13.2. The first kappa shape index (κ1) is 17.5. The Hall–Kier alpha value is -1.60. The van der Waals surface area contributed by atoms with Crippen LogP contribution in [-0.4, -0.2) is 12.6 Å². The van der Waals surface area contributed by atoms with Crippen LogP contribution in [0.5, 0.6) is 5.75 Å². The number of rotatable bonds is 8. The third-order valence-corrected chi connectivity index (χ3v) is 3.54. The fourth-order valence-corrected chi connectivity index (χ4v) is 2.03. The monoisotopic (exact) mass is 292 g/mol. The van der Waals surface area contributed by atoms with Gasteiger partial charge in [0.1, 0.15) is 11.6 Å². The van der Waals surface area contributed by atoms with Gasteiger partial charge < -0.3 is 10.5 Å². The molecule has 2 N–H and O–H groups in total. The molecule has 0 radical (unpaired) electrons. The summed E-state index contributed by atoms with van der Waals surface area (Å²) in [4.78, 5) is 0. The van der Waals surface area contributed by atoms with Crippen LogP contribution < -0.4 is 10.5 Å². The highest BCUT2D eigenvalue weighted by atomic mass is 19.1. The number of nitrogens with zero attached hydrogens (tertiary/aromatic N) is 1. The summed E-state index contributed by atoms with van der Waals surface area (Å²) < 4.78 is 19.1. The zero-order valence-corrected chi connectivity index (χ0v) is 13.2. The van der Waals surface area contributed by atoms with Crippen molar-refractivity contribution in [3.8, 4) is 11.8 Å². The zero-order chi connectivity index (χ0) is 15.9. The molecule has 0 spiro atoms. The number of halogens is 1. The van der Waals surface area contributed by atoms with Gasteiger partial charge in [-0.25, -0.2) is 4.39 Å². The first-order chi connectivity index (χ1) is 9.88. The van der Waals surface area contributed by atoms with Crippen molar-refractivity contribution in [1.82, 2.24) is 0 Å². The number of ether oxygens (including phenoxy) is 1. The van der Waals surface area contributed by atoms with Crippen LogP contribution in [0.4, 0.5) is 4.39 Å². The van der Waals surface area contributed by atoms with E-state index in [1.54, 1.807) is 6.07 Å². The van der Waals surface area contributed by atoms with Crippen LogP contribution >= 0.6 is 0 Å². The van der Waals surface area contributed by atoms with Gasteiger partial charge in [0.05, 0.1) is 18.1 Å². The molecule has 1 aromatic carbocycles. The molecule has 1 aromatic rings. The van der Waals surface area contributed by atoms with E-state index in [2.05, 4.69) is 6.07 Å². The van der Waals surface area contributed by atoms with Gasteiger partial charge in [-0.05, 0) is 63.3 Å². The smallest absolute Gasteiger partial charge is 0.123 e. The van der Waals surface area contributed by atoms with Crippen LogP contribution in [0.15, 0.2) is 18.2 Å². The summed E-state index contributed by atoms with van der Waals surface area (Å²) in [6.45, 7) is 6.35. The lowest BCUT2D eigenvalue weighted by molar-refractivity contribution is 0.281. The molecule has 0 amide bonds. The van der Waals surface area contributed by atoms with E-state index in [-0.39, 0.29) is 17.3 Å². The molecule has 1 rings (SSSR count). The SMILES string of the molecule is CCC(N)Cc1cc(F)ccc1OCCCC(C)(C)C#N. The van der Waals surface area contributed by atoms with Gasteiger partial charge in [-0.15, -0.1) is 0 Å². The average molecular weight is 292 g/mol. The lowest BCUT2D eigenvalue weighted by Gasteiger charge is -2.17. The second-order valence-electron chi connectivity index (χ2n) is 6.07. The Morgan fingerprint density at radius 2 is 2.14 bits per heavy atom.